The summed E-state index contributed by atoms with van der Waals surface area (Å²) in [5.74, 6) is -0.00384. The highest BCUT2D eigenvalue weighted by Crippen LogP contribution is 2.06. The molecule has 0 fully saturated rings. The van der Waals surface area contributed by atoms with Crippen LogP contribution in [0.25, 0.3) is 0 Å². The lowest BCUT2D eigenvalue weighted by atomic mass is 10.1. The van der Waals surface area contributed by atoms with Gasteiger partial charge in [-0.05, 0) is 31.0 Å². The lowest BCUT2D eigenvalue weighted by Crippen LogP contribution is -2.25. The van der Waals surface area contributed by atoms with Crippen molar-refractivity contribution < 1.29 is 9.32 Å². The highest BCUT2D eigenvalue weighted by molar-refractivity contribution is 5.91. The van der Waals surface area contributed by atoms with Crippen molar-refractivity contribution in [3.05, 3.63) is 47.3 Å². The third kappa shape index (κ3) is 3.10. The average molecular weight is 245 g/mol. The fourth-order valence-electron chi connectivity index (χ4n) is 1.56. The molecule has 0 aliphatic heterocycles. The van der Waals surface area contributed by atoms with Gasteiger partial charge in [0, 0.05) is 18.3 Å². The van der Waals surface area contributed by atoms with Crippen LogP contribution in [0.1, 0.15) is 21.8 Å². The number of hydrogen-bond donors (Lipinski definition) is 2. The maximum absolute atomic E-state index is 11.6. The van der Waals surface area contributed by atoms with Crippen molar-refractivity contribution in [3.63, 3.8) is 0 Å². The molecule has 1 aromatic carbocycles. The van der Waals surface area contributed by atoms with Crippen molar-refractivity contribution >= 4 is 11.6 Å². The van der Waals surface area contributed by atoms with Crippen molar-refractivity contribution in [3.8, 4) is 0 Å². The van der Waals surface area contributed by atoms with Gasteiger partial charge in [-0.3, -0.25) is 4.79 Å². The lowest BCUT2D eigenvalue weighted by molar-refractivity contribution is 0.0917. The van der Waals surface area contributed by atoms with Gasteiger partial charge in [0.25, 0.3) is 5.91 Å². The van der Waals surface area contributed by atoms with Crippen molar-refractivity contribution in [1.29, 1.82) is 0 Å². The molecule has 1 aromatic heterocycles. The Kier molecular flexibility index (Phi) is 3.62. The van der Waals surface area contributed by atoms with E-state index in [-0.39, 0.29) is 11.7 Å². The molecular formula is C13H15N3O2. The first kappa shape index (κ1) is 12.2. The van der Waals surface area contributed by atoms with Gasteiger partial charge >= 0.3 is 0 Å². The predicted molar refractivity (Wildman–Crippen MR) is 68.1 cm³/mol. The number of nitrogen functional groups attached to an aromatic ring is 1. The number of aromatic nitrogens is 1. The lowest BCUT2D eigenvalue weighted by Gasteiger charge is -2.03. The molecule has 5 nitrogen and oxygen atoms in total. The van der Waals surface area contributed by atoms with Gasteiger partial charge in [0.2, 0.25) is 5.76 Å². The molecule has 94 valence electrons. The summed E-state index contributed by atoms with van der Waals surface area (Å²) in [4.78, 5) is 11.6. The van der Waals surface area contributed by atoms with E-state index in [1.165, 1.54) is 0 Å². The van der Waals surface area contributed by atoms with Crippen LogP contribution in [0.15, 0.2) is 34.9 Å². The second-order valence-electron chi connectivity index (χ2n) is 4.08. The Morgan fingerprint density at radius 1 is 1.39 bits per heavy atom. The van der Waals surface area contributed by atoms with E-state index in [1.54, 1.807) is 13.0 Å². The van der Waals surface area contributed by atoms with Gasteiger partial charge in [-0.25, -0.2) is 0 Å². The minimum atomic E-state index is -0.244. The van der Waals surface area contributed by atoms with Crippen molar-refractivity contribution in [1.82, 2.24) is 10.5 Å². The summed E-state index contributed by atoms with van der Waals surface area (Å²) < 4.78 is 4.87. The molecular weight excluding hydrogens is 230 g/mol. The summed E-state index contributed by atoms with van der Waals surface area (Å²) in [6.07, 6.45) is 0.749. The van der Waals surface area contributed by atoms with E-state index in [0.29, 0.717) is 12.2 Å². The minimum absolute atomic E-state index is 0.241. The third-order valence-corrected chi connectivity index (χ3v) is 2.53. The number of benzene rings is 1. The molecule has 1 amide bonds. The molecule has 2 aromatic rings. The fourth-order valence-corrected chi connectivity index (χ4v) is 1.56. The molecule has 1 heterocycles. The molecule has 0 radical (unpaired) electrons. The van der Waals surface area contributed by atoms with Crippen LogP contribution in [0.3, 0.4) is 0 Å². The summed E-state index contributed by atoms with van der Waals surface area (Å²) in [7, 11) is 0. The zero-order valence-corrected chi connectivity index (χ0v) is 10.1. The topological polar surface area (TPSA) is 81.2 Å². The van der Waals surface area contributed by atoms with Gasteiger partial charge in [-0.1, -0.05) is 17.3 Å². The summed E-state index contributed by atoms with van der Waals surface area (Å²) >= 11 is 0. The van der Waals surface area contributed by atoms with Crippen molar-refractivity contribution in [2.75, 3.05) is 12.3 Å². The molecule has 0 unspecified atom stereocenters. The van der Waals surface area contributed by atoms with Crippen LogP contribution in [0.4, 0.5) is 5.69 Å². The number of hydrogen-bond acceptors (Lipinski definition) is 4. The second-order valence-corrected chi connectivity index (χ2v) is 4.08. The number of nitrogens with two attached hydrogens (primary N) is 1. The van der Waals surface area contributed by atoms with Gasteiger partial charge in [0.1, 0.15) is 0 Å². The smallest absolute Gasteiger partial charge is 0.289 e. The van der Waals surface area contributed by atoms with Crippen LogP contribution in [-0.2, 0) is 6.42 Å². The minimum Gasteiger partial charge on any atom is -0.399 e. The summed E-state index contributed by atoms with van der Waals surface area (Å²) in [6, 6.07) is 9.19. The molecule has 0 atom stereocenters. The molecule has 5 heteroatoms. The monoisotopic (exact) mass is 245 g/mol. The van der Waals surface area contributed by atoms with E-state index in [9.17, 15) is 4.79 Å². The number of anilines is 1. The highest BCUT2D eigenvalue weighted by atomic mass is 16.5. The summed E-state index contributed by atoms with van der Waals surface area (Å²) in [5.41, 5.74) is 8.15. The Morgan fingerprint density at radius 3 is 2.72 bits per heavy atom. The van der Waals surface area contributed by atoms with E-state index in [0.717, 1.165) is 17.7 Å². The maximum Gasteiger partial charge on any atom is 0.289 e. The zero-order chi connectivity index (χ0) is 13.0. The molecule has 0 saturated heterocycles. The number of amides is 1. The van der Waals surface area contributed by atoms with E-state index in [4.69, 9.17) is 10.3 Å². The van der Waals surface area contributed by atoms with Crippen LogP contribution < -0.4 is 11.1 Å². The Labute approximate surface area is 105 Å². The van der Waals surface area contributed by atoms with E-state index in [1.807, 2.05) is 24.3 Å². The van der Waals surface area contributed by atoms with Crippen molar-refractivity contribution in [2.24, 2.45) is 0 Å². The standard InChI is InChI=1S/C13H15N3O2/c1-9-8-12(18-16-9)13(17)15-7-6-10-2-4-11(14)5-3-10/h2-5,8H,6-7,14H2,1H3,(H,15,17). The normalized spacial score (nSPS) is 10.3. The molecule has 0 bridgehead atoms. The van der Waals surface area contributed by atoms with Crippen LogP contribution in [-0.4, -0.2) is 17.6 Å². The van der Waals surface area contributed by atoms with Gasteiger partial charge in [-0.15, -0.1) is 0 Å². The first-order valence-electron chi connectivity index (χ1n) is 5.71. The zero-order valence-electron chi connectivity index (χ0n) is 10.1. The Morgan fingerprint density at radius 2 is 2.11 bits per heavy atom. The summed E-state index contributed by atoms with van der Waals surface area (Å²) in [5, 5.41) is 6.44. The van der Waals surface area contributed by atoms with E-state index < -0.39 is 0 Å². The number of nitrogens with zero attached hydrogens (tertiary/aromatic N) is 1. The molecule has 3 N–H and O–H groups in total. The van der Waals surface area contributed by atoms with Crippen LogP contribution in [0.5, 0.6) is 0 Å². The van der Waals surface area contributed by atoms with Crippen LogP contribution in [0, 0.1) is 6.92 Å². The SMILES string of the molecule is Cc1cc(C(=O)NCCc2ccc(N)cc2)on1. The molecule has 2 rings (SSSR count). The molecule has 0 aliphatic rings. The second kappa shape index (κ2) is 5.35. The number of carbonyl (C=O) groups is 1. The number of nitrogens with one attached hydrogen (secondary N) is 1. The van der Waals surface area contributed by atoms with Gasteiger partial charge < -0.3 is 15.6 Å². The number of carbonyl (C=O) groups excluding carboxylic acids is 1. The molecule has 0 spiro atoms. The molecule has 0 aliphatic carbocycles. The van der Waals surface area contributed by atoms with E-state index >= 15 is 0 Å². The Balaban J connectivity index is 1.82. The average Bonchev–Trinajstić information content (AvgIpc) is 2.78. The van der Waals surface area contributed by atoms with Gasteiger partial charge in [0.15, 0.2) is 0 Å². The first-order chi connectivity index (χ1) is 8.65. The quantitative estimate of drug-likeness (QED) is 0.800. The first-order valence-corrected chi connectivity index (χ1v) is 5.71. The largest absolute Gasteiger partial charge is 0.399 e. The Hall–Kier alpha value is -2.30. The van der Waals surface area contributed by atoms with Gasteiger partial charge in [-0.2, -0.15) is 0 Å². The van der Waals surface area contributed by atoms with Gasteiger partial charge in [0.05, 0.1) is 5.69 Å². The molecule has 18 heavy (non-hydrogen) atoms. The summed E-state index contributed by atoms with van der Waals surface area (Å²) in [6.45, 7) is 2.32. The Bertz CT molecular complexity index is 531. The number of rotatable bonds is 4. The van der Waals surface area contributed by atoms with Crippen LogP contribution in [0.2, 0.25) is 0 Å². The maximum atomic E-state index is 11.6. The van der Waals surface area contributed by atoms with E-state index in [2.05, 4.69) is 10.5 Å². The predicted octanol–water partition coefficient (Wildman–Crippen LogP) is 1.54. The fraction of sp³-hybridized carbons (Fsp3) is 0.231. The third-order valence-electron chi connectivity index (χ3n) is 2.53. The highest BCUT2D eigenvalue weighted by Gasteiger charge is 2.10. The van der Waals surface area contributed by atoms with Crippen LogP contribution >= 0.6 is 0 Å². The molecule has 0 saturated carbocycles. The number of aryl methyl sites for hydroxylation is 1. The van der Waals surface area contributed by atoms with Crippen molar-refractivity contribution in [2.45, 2.75) is 13.3 Å².